The van der Waals surface area contributed by atoms with E-state index in [9.17, 15) is 9.59 Å². The van der Waals surface area contributed by atoms with Crippen molar-refractivity contribution in [1.82, 2.24) is 20.5 Å². The minimum absolute atomic E-state index is 0.00335. The molecule has 2 saturated heterocycles. The van der Waals surface area contributed by atoms with Crippen molar-refractivity contribution in [2.45, 2.75) is 19.3 Å². The SMILES string of the molecule is COCC1(C(=O)NCCC(=O)N2CCN(c3ccccn3)CC2)CCNCC1. The fraction of sp³-hybridized carbons (Fsp3) is 0.650. The zero-order valence-electron chi connectivity index (χ0n) is 16.7. The highest BCUT2D eigenvalue weighted by Crippen LogP contribution is 2.29. The first-order valence-corrected chi connectivity index (χ1v) is 10.1. The van der Waals surface area contributed by atoms with Crippen LogP contribution in [0.2, 0.25) is 0 Å². The summed E-state index contributed by atoms with van der Waals surface area (Å²) in [6.07, 6.45) is 3.64. The molecule has 0 spiro atoms. The van der Waals surface area contributed by atoms with Gasteiger partial charge in [-0.05, 0) is 38.1 Å². The lowest BCUT2D eigenvalue weighted by molar-refractivity contribution is -0.136. The number of pyridine rings is 1. The second kappa shape index (κ2) is 9.84. The van der Waals surface area contributed by atoms with Crippen LogP contribution in [0.3, 0.4) is 0 Å². The molecule has 8 heteroatoms. The fourth-order valence-corrected chi connectivity index (χ4v) is 3.97. The summed E-state index contributed by atoms with van der Waals surface area (Å²) in [5.41, 5.74) is -0.475. The van der Waals surface area contributed by atoms with Crippen molar-refractivity contribution in [3.05, 3.63) is 24.4 Å². The number of piperidine rings is 1. The number of rotatable bonds is 7. The van der Waals surface area contributed by atoms with Gasteiger partial charge in [0.05, 0.1) is 12.0 Å². The van der Waals surface area contributed by atoms with Crippen LogP contribution in [0.5, 0.6) is 0 Å². The standard InChI is InChI=1S/C20H31N5O3/c1-28-16-20(6-10-21-11-7-20)19(27)23-9-5-18(26)25-14-12-24(13-15-25)17-4-2-3-8-22-17/h2-4,8,21H,5-7,9-16H2,1H3,(H,23,27). The lowest BCUT2D eigenvalue weighted by Crippen LogP contribution is -2.51. The van der Waals surface area contributed by atoms with E-state index in [0.717, 1.165) is 44.8 Å². The Morgan fingerprint density at radius 3 is 2.61 bits per heavy atom. The first-order valence-electron chi connectivity index (χ1n) is 10.1. The topological polar surface area (TPSA) is 86.8 Å². The van der Waals surface area contributed by atoms with Crippen LogP contribution in [0, 0.1) is 5.41 Å². The summed E-state index contributed by atoms with van der Waals surface area (Å²) in [6, 6.07) is 5.86. The number of carbonyl (C=O) groups is 2. The van der Waals surface area contributed by atoms with E-state index >= 15 is 0 Å². The molecule has 8 nitrogen and oxygen atoms in total. The highest BCUT2D eigenvalue weighted by atomic mass is 16.5. The molecule has 2 aliphatic rings. The summed E-state index contributed by atoms with van der Waals surface area (Å²) in [5.74, 6) is 1.04. The van der Waals surface area contributed by atoms with E-state index < -0.39 is 5.41 Å². The Bertz CT molecular complexity index is 635. The molecule has 0 saturated carbocycles. The van der Waals surface area contributed by atoms with Gasteiger partial charge in [-0.25, -0.2) is 4.98 Å². The van der Waals surface area contributed by atoms with Crippen molar-refractivity contribution in [2.24, 2.45) is 5.41 Å². The lowest BCUT2D eigenvalue weighted by atomic mass is 9.78. The molecule has 2 aliphatic heterocycles. The van der Waals surface area contributed by atoms with Crippen LogP contribution < -0.4 is 15.5 Å². The van der Waals surface area contributed by atoms with E-state index in [0.29, 0.717) is 32.7 Å². The second-order valence-corrected chi connectivity index (χ2v) is 7.53. The zero-order valence-corrected chi connectivity index (χ0v) is 16.7. The van der Waals surface area contributed by atoms with Gasteiger partial charge in [-0.3, -0.25) is 9.59 Å². The van der Waals surface area contributed by atoms with Gasteiger partial charge in [0.1, 0.15) is 5.82 Å². The molecule has 154 valence electrons. The van der Waals surface area contributed by atoms with E-state index in [-0.39, 0.29) is 11.8 Å². The summed E-state index contributed by atoms with van der Waals surface area (Å²) < 4.78 is 5.30. The summed E-state index contributed by atoms with van der Waals surface area (Å²) in [7, 11) is 1.63. The third-order valence-electron chi connectivity index (χ3n) is 5.69. The minimum atomic E-state index is -0.475. The molecule has 2 N–H and O–H groups in total. The molecule has 2 fully saturated rings. The quantitative estimate of drug-likeness (QED) is 0.695. The summed E-state index contributed by atoms with van der Waals surface area (Å²) >= 11 is 0. The smallest absolute Gasteiger partial charge is 0.228 e. The third-order valence-corrected chi connectivity index (χ3v) is 5.69. The predicted molar refractivity (Wildman–Crippen MR) is 107 cm³/mol. The van der Waals surface area contributed by atoms with E-state index in [1.165, 1.54) is 0 Å². The number of nitrogens with one attached hydrogen (secondary N) is 2. The molecule has 1 aromatic rings. The number of aromatic nitrogens is 1. The first-order chi connectivity index (χ1) is 13.6. The maximum absolute atomic E-state index is 12.7. The molecule has 3 heterocycles. The minimum Gasteiger partial charge on any atom is -0.384 e. The average Bonchev–Trinajstić information content (AvgIpc) is 2.75. The number of methoxy groups -OCH3 is 1. The van der Waals surface area contributed by atoms with E-state index in [1.807, 2.05) is 23.1 Å². The molecule has 3 rings (SSSR count). The van der Waals surface area contributed by atoms with Crippen molar-refractivity contribution >= 4 is 17.6 Å². The van der Waals surface area contributed by atoms with E-state index in [2.05, 4.69) is 20.5 Å². The average molecular weight is 390 g/mol. The predicted octanol–water partition coefficient (Wildman–Crippen LogP) is 0.253. The number of ether oxygens (including phenoxy) is 1. The summed E-state index contributed by atoms with van der Waals surface area (Å²) in [5, 5.41) is 6.25. The zero-order chi connectivity index (χ0) is 19.8. The number of amides is 2. The van der Waals surface area contributed by atoms with Crippen LogP contribution in [-0.4, -0.2) is 81.2 Å². The number of hydrogen-bond donors (Lipinski definition) is 2. The van der Waals surface area contributed by atoms with Gasteiger partial charge < -0.3 is 25.2 Å². The van der Waals surface area contributed by atoms with Gasteiger partial charge >= 0.3 is 0 Å². The van der Waals surface area contributed by atoms with Gasteiger partial charge in [0.2, 0.25) is 11.8 Å². The first kappa shape index (κ1) is 20.5. The van der Waals surface area contributed by atoms with Gasteiger partial charge in [-0.1, -0.05) is 6.07 Å². The largest absolute Gasteiger partial charge is 0.384 e. The molecule has 2 amide bonds. The Balaban J connectivity index is 1.41. The molecule has 0 unspecified atom stereocenters. The van der Waals surface area contributed by atoms with Gasteiger partial charge in [-0.2, -0.15) is 0 Å². The van der Waals surface area contributed by atoms with Crippen molar-refractivity contribution in [2.75, 3.05) is 64.4 Å². The molecule has 1 aromatic heterocycles. The van der Waals surface area contributed by atoms with Crippen LogP contribution in [-0.2, 0) is 14.3 Å². The molecule has 0 aromatic carbocycles. The summed E-state index contributed by atoms with van der Waals surface area (Å²) in [4.78, 5) is 33.7. The Morgan fingerprint density at radius 2 is 1.96 bits per heavy atom. The van der Waals surface area contributed by atoms with Gasteiger partial charge in [0.25, 0.3) is 0 Å². The van der Waals surface area contributed by atoms with Gasteiger partial charge in [0.15, 0.2) is 0 Å². The van der Waals surface area contributed by atoms with Crippen molar-refractivity contribution in [1.29, 1.82) is 0 Å². The van der Waals surface area contributed by atoms with Crippen LogP contribution in [0.25, 0.3) is 0 Å². The molecule has 0 aliphatic carbocycles. The molecule has 28 heavy (non-hydrogen) atoms. The molecule has 0 atom stereocenters. The number of hydrogen-bond acceptors (Lipinski definition) is 6. The second-order valence-electron chi connectivity index (χ2n) is 7.53. The van der Waals surface area contributed by atoms with Crippen LogP contribution in [0.1, 0.15) is 19.3 Å². The third kappa shape index (κ3) is 4.99. The Hall–Kier alpha value is -2.19. The molecule has 0 bridgehead atoms. The maximum Gasteiger partial charge on any atom is 0.228 e. The van der Waals surface area contributed by atoms with Gasteiger partial charge in [0, 0.05) is 52.5 Å². The van der Waals surface area contributed by atoms with Crippen molar-refractivity contribution < 1.29 is 14.3 Å². The van der Waals surface area contributed by atoms with Crippen molar-refractivity contribution in [3.8, 4) is 0 Å². The number of carbonyl (C=O) groups excluding carboxylic acids is 2. The monoisotopic (exact) mass is 389 g/mol. The summed E-state index contributed by atoms with van der Waals surface area (Å²) in [6.45, 7) is 5.34. The fourth-order valence-electron chi connectivity index (χ4n) is 3.97. The highest BCUT2D eigenvalue weighted by molar-refractivity contribution is 5.84. The van der Waals surface area contributed by atoms with Crippen LogP contribution in [0.4, 0.5) is 5.82 Å². The van der Waals surface area contributed by atoms with Gasteiger partial charge in [-0.15, -0.1) is 0 Å². The van der Waals surface area contributed by atoms with Crippen LogP contribution >= 0.6 is 0 Å². The molecule has 0 radical (unpaired) electrons. The molecular weight excluding hydrogens is 358 g/mol. The van der Waals surface area contributed by atoms with Crippen LogP contribution in [0.15, 0.2) is 24.4 Å². The van der Waals surface area contributed by atoms with E-state index in [4.69, 9.17) is 4.74 Å². The Kier molecular flexibility index (Phi) is 7.22. The van der Waals surface area contributed by atoms with Crippen molar-refractivity contribution in [3.63, 3.8) is 0 Å². The number of nitrogens with zero attached hydrogens (tertiary/aromatic N) is 3. The number of piperazine rings is 1. The Morgan fingerprint density at radius 1 is 1.21 bits per heavy atom. The number of anilines is 1. The normalized spacial score (nSPS) is 19.3. The Labute approximate surface area is 166 Å². The lowest BCUT2D eigenvalue weighted by Gasteiger charge is -2.36. The highest BCUT2D eigenvalue weighted by Gasteiger charge is 2.39. The maximum atomic E-state index is 12.7. The molecular formula is C20H31N5O3. The van der Waals surface area contributed by atoms with E-state index in [1.54, 1.807) is 13.3 Å².